The number of halogens is 1. The molecule has 3 heterocycles. The molecule has 10 heteroatoms. The van der Waals surface area contributed by atoms with Crippen molar-refractivity contribution in [3.05, 3.63) is 79.4 Å². The van der Waals surface area contributed by atoms with Crippen LogP contribution in [0.1, 0.15) is 40.9 Å². The Morgan fingerprint density at radius 3 is 2.51 bits per heavy atom. The zero-order chi connectivity index (χ0) is 24.9. The van der Waals surface area contributed by atoms with E-state index in [4.69, 9.17) is 0 Å². The van der Waals surface area contributed by atoms with Crippen molar-refractivity contribution in [1.82, 2.24) is 9.47 Å². The van der Waals surface area contributed by atoms with Crippen molar-refractivity contribution >= 4 is 28.2 Å². The second-order valence-electron chi connectivity index (χ2n) is 9.24. The molecule has 1 unspecified atom stereocenters. The summed E-state index contributed by atoms with van der Waals surface area (Å²) < 4.78 is 17.3. The van der Waals surface area contributed by atoms with E-state index in [1.165, 1.54) is 24.4 Å². The van der Waals surface area contributed by atoms with E-state index < -0.39 is 22.1 Å². The normalized spacial score (nSPS) is 18.1. The highest BCUT2D eigenvalue weighted by molar-refractivity contribution is 5.95. The van der Waals surface area contributed by atoms with E-state index in [-0.39, 0.29) is 22.7 Å². The Labute approximate surface area is 200 Å². The third-order valence-corrected chi connectivity index (χ3v) is 7.10. The van der Waals surface area contributed by atoms with Crippen LogP contribution in [0.5, 0.6) is 0 Å². The van der Waals surface area contributed by atoms with Crippen molar-refractivity contribution in [3.63, 3.8) is 0 Å². The van der Waals surface area contributed by atoms with Gasteiger partial charge < -0.3 is 14.6 Å². The smallest absolute Gasteiger partial charge is 0.341 e. The van der Waals surface area contributed by atoms with Crippen LogP contribution in [0.3, 0.4) is 0 Å². The third-order valence-electron chi connectivity index (χ3n) is 7.10. The Bertz CT molecular complexity index is 1390. The van der Waals surface area contributed by atoms with Crippen LogP contribution in [0.15, 0.2) is 41.3 Å². The fourth-order valence-electron chi connectivity index (χ4n) is 5.24. The molecule has 2 aromatic carbocycles. The summed E-state index contributed by atoms with van der Waals surface area (Å²) in [6, 6.07) is 7.70. The van der Waals surface area contributed by atoms with Gasteiger partial charge in [0, 0.05) is 68.0 Å². The maximum absolute atomic E-state index is 15.5. The van der Waals surface area contributed by atoms with E-state index in [9.17, 15) is 24.8 Å². The number of aryl methyl sites for hydroxylation is 1. The number of rotatable bonds is 5. The average Bonchev–Trinajstić information content (AvgIpc) is 2.83. The van der Waals surface area contributed by atoms with Crippen molar-refractivity contribution in [2.45, 2.75) is 32.4 Å². The minimum Gasteiger partial charge on any atom is -0.477 e. The molecule has 0 radical (unpaired) electrons. The zero-order valence-electron chi connectivity index (χ0n) is 19.2. The van der Waals surface area contributed by atoms with Gasteiger partial charge in [-0.2, -0.15) is 0 Å². The second-order valence-corrected chi connectivity index (χ2v) is 9.24. The number of hydrogen-bond acceptors (Lipinski definition) is 6. The molecule has 2 aliphatic heterocycles. The van der Waals surface area contributed by atoms with Crippen LogP contribution in [-0.4, -0.2) is 51.6 Å². The van der Waals surface area contributed by atoms with Gasteiger partial charge in [-0.05, 0) is 31.4 Å². The number of carboxylic acid groups (broad SMARTS) is 1. The van der Waals surface area contributed by atoms with E-state index in [0.717, 1.165) is 17.5 Å². The molecule has 35 heavy (non-hydrogen) atoms. The van der Waals surface area contributed by atoms with E-state index in [0.29, 0.717) is 50.3 Å². The molecule has 2 aliphatic rings. The van der Waals surface area contributed by atoms with Gasteiger partial charge in [0.05, 0.1) is 16.1 Å². The van der Waals surface area contributed by atoms with E-state index in [1.54, 1.807) is 12.1 Å². The molecule has 0 saturated carbocycles. The highest BCUT2D eigenvalue weighted by Gasteiger charge is 2.30. The lowest BCUT2D eigenvalue weighted by Crippen LogP contribution is -2.46. The van der Waals surface area contributed by atoms with Gasteiger partial charge in [-0.15, -0.1) is 0 Å². The lowest BCUT2D eigenvalue weighted by atomic mass is 9.93. The Morgan fingerprint density at radius 1 is 1.20 bits per heavy atom. The number of nitro groups is 1. The Kier molecular flexibility index (Phi) is 5.76. The summed E-state index contributed by atoms with van der Waals surface area (Å²) in [6.45, 7) is 5.18. The number of aromatic nitrogens is 1. The number of anilines is 1. The van der Waals surface area contributed by atoms with Crippen LogP contribution in [0.25, 0.3) is 10.9 Å². The number of pyridine rings is 1. The van der Waals surface area contributed by atoms with Crippen LogP contribution >= 0.6 is 0 Å². The summed E-state index contributed by atoms with van der Waals surface area (Å²) >= 11 is 0. The lowest BCUT2D eigenvalue weighted by molar-refractivity contribution is -0.384. The summed E-state index contributed by atoms with van der Waals surface area (Å²) in [6.07, 6.45) is 2.73. The zero-order valence-corrected chi connectivity index (χ0v) is 19.2. The maximum Gasteiger partial charge on any atom is 0.341 e. The van der Waals surface area contributed by atoms with Crippen molar-refractivity contribution in [1.29, 1.82) is 0 Å². The lowest BCUT2D eigenvalue weighted by Gasteiger charge is -2.38. The summed E-state index contributed by atoms with van der Waals surface area (Å²) in [5.74, 6) is -1.81. The molecule has 1 N–H and O–H groups in total. The van der Waals surface area contributed by atoms with E-state index >= 15 is 4.39 Å². The number of benzene rings is 2. The van der Waals surface area contributed by atoms with Crippen molar-refractivity contribution in [2.24, 2.45) is 0 Å². The third kappa shape index (κ3) is 4.03. The fourth-order valence-corrected chi connectivity index (χ4v) is 5.24. The molecule has 0 aliphatic carbocycles. The highest BCUT2D eigenvalue weighted by atomic mass is 19.1. The van der Waals surface area contributed by atoms with E-state index in [2.05, 4.69) is 4.90 Å². The average molecular weight is 480 g/mol. The van der Waals surface area contributed by atoms with Gasteiger partial charge in [-0.3, -0.25) is 19.8 Å². The van der Waals surface area contributed by atoms with Crippen LogP contribution in [0.2, 0.25) is 0 Å². The highest BCUT2D eigenvalue weighted by Crippen LogP contribution is 2.38. The summed E-state index contributed by atoms with van der Waals surface area (Å²) in [5, 5.41) is 20.4. The molecule has 1 saturated heterocycles. The Balaban J connectivity index is 1.43. The van der Waals surface area contributed by atoms with Crippen LogP contribution in [0.4, 0.5) is 15.8 Å². The van der Waals surface area contributed by atoms with Gasteiger partial charge in [0.1, 0.15) is 11.4 Å². The van der Waals surface area contributed by atoms with Crippen LogP contribution < -0.4 is 10.3 Å². The van der Waals surface area contributed by atoms with Crippen molar-refractivity contribution in [2.75, 3.05) is 31.1 Å². The summed E-state index contributed by atoms with van der Waals surface area (Å²) in [5.41, 5.74) is 1.92. The predicted octanol–water partition coefficient (Wildman–Crippen LogP) is 3.58. The van der Waals surface area contributed by atoms with Gasteiger partial charge in [0.25, 0.3) is 5.69 Å². The number of carbonyl (C=O) groups is 1. The first kappa shape index (κ1) is 23.0. The molecule has 9 nitrogen and oxygen atoms in total. The molecule has 182 valence electrons. The van der Waals surface area contributed by atoms with Crippen molar-refractivity contribution < 1.29 is 19.2 Å². The second kappa shape index (κ2) is 8.77. The largest absolute Gasteiger partial charge is 0.477 e. The first-order chi connectivity index (χ1) is 16.7. The van der Waals surface area contributed by atoms with Gasteiger partial charge >= 0.3 is 5.97 Å². The molecule has 1 aromatic heterocycles. The number of carboxylic acids is 1. The van der Waals surface area contributed by atoms with Gasteiger partial charge in [0.2, 0.25) is 5.43 Å². The standard InChI is InChI=1S/C25H25FN4O5/c1-15-2-7-18-22-19(24(31)20(25(32)33)14-29(15)22)12-21(26)23(18)28-10-8-27(9-11-28)13-16-3-5-17(6-4-16)30(34)35/h3-6,12,14-15H,2,7-11,13H2,1H3,(H,32,33). The SMILES string of the molecule is CC1CCc2c(N3CCN(Cc4ccc([N+](=O)[O-])cc4)CC3)c(F)cc3c(=O)c(C(=O)O)cn1c23. The molecule has 0 bridgehead atoms. The summed E-state index contributed by atoms with van der Waals surface area (Å²) in [7, 11) is 0. The van der Waals surface area contributed by atoms with E-state index in [1.807, 2.05) is 16.4 Å². The molecule has 0 spiro atoms. The molecule has 1 atom stereocenters. The molecule has 0 amide bonds. The fraction of sp³-hybridized carbons (Fsp3) is 0.360. The number of aromatic carboxylic acids is 1. The molecule has 1 fully saturated rings. The monoisotopic (exact) mass is 480 g/mol. The number of hydrogen-bond donors (Lipinski definition) is 1. The minimum absolute atomic E-state index is 0.000514. The Morgan fingerprint density at radius 2 is 1.89 bits per heavy atom. The van der Waals surface area contributed by atoms with Crippen molar-refractivity contribution in [3.8, 4) is 0 Å². The van der Waals surface area contributed by atoms with Crippen LogP contribution in [-0.2, 0) is 13.0 Å². The number of piperazine rings is 1. The first-order valence-electron chi connectivity index (χ1n) is 11.6. The topological polar surface area (TPSA) is 109 Å². The molecular weight excluding hydrogens is 455 g/mol. The first-order valence-corrected chi connectivity index (χ1v) is 11.6. The maximum atomic E-state index is 15.5. The molecule has 5 rings (SSSR count). The summed E-state index contributed by atoms with van der Waals surface area (Å²) in [4.78, 5) is 39.1. The number of non-ortho nitro benzene ring substituents is 1. The predicted molar refractivity (Wildman–Crippen MR) is 129 cm³/mol. The quantitative estimate of drug-likeness (QED) is 0.439. The Hall–Kier alpha value is -3.79. The minimum atomic E-state index is -1.31. The number of nitrogens with zero attached hydrogens (tertiary/aromatic N) is 4. The van der Waals surface area contributed by atoms with Gasteiger partial charge in [-0.1, -0.05) is 12.1 Å². The molecule has 3 aromatic rings. The van der Waals surface area contributed by atoms with Gasteiger partial charge in [0.15, 0.2) is 0 Å². The van der Waals surface area contributed by atoms with Gasteiger partial charge in [-0.25, -0.2) is 9.18 Å². The molecular formula is C25H25FN4O5. The van der Waals surface area contributed by atoms with Crippen LogP contribution in [0, 0.1) is 15.9 Å². The number of nitro benzene ring substituents is 1.